The van der Waals surface area contributed by atoms with E-state index in [0.29, 0.717) is 24.1 Å². The first-order chi connectivity index (χ1) is 11.7. The summed E-state index contributed by atoms with van der Waals surface area (Å²) in [6.45, 7) is 6.73. The van der Waals surface area contributed by atoms with Gasteiger partial charge in [0, 0.05) is 31.5 Å². The van der Waals surface area contributed by atoms with E-state index >= 15 is 0 Å². The lowest BCUT2D eigenvalue weighted by Crippen LogP contribution is -2.36. The van der Waals surface area contributed by atoms with Gasteiger partial charge in [-0.05, 0) is 43.9 Å². The Labute approximate surface area is 143 Å². The zero-order valence-electron chi connectivity index (χ0n) is 14.4. The summed E-state index contributed by atoms with van der Waals surface area (Å²) in [6.07, 6.45) is 4.08. The van der Waals surface area contributed by atoms with Crippen molar-refractivity contribution in [2.24, 2.45) is 5.92 Å². The Kier molecular flexibility index (Phi) is 5.08. The Bertz CT molecular complexity index is 689. The summed E-state index contributed by atoms with van der Waals surface area (Å²) in [5.41, 5.74) is 1.33. The van der Waals surface area contributed by atoms with Gasteiger partial charge in [0.15, 0.2) is 0 Å². The zero-order chi connectivity index (χ0) is 16.9. The van der Waals surface area contributed by atoms with E-state index in [0.717, 1.165) is 25.2 Å². The number of nitrogens with zero attached hydrogens (tertiary/aromatic N) is 4. The number of aromatic nitrogens is 2. The summed E-state index contributed by atoms with van der Waals surface area (Å²) in [6, 6.07) is 11.4. The molecule has 1 unspecified atom stereocenters. The van der Waals surface area contributed by atoms with Crippen molar-refractivity contribution in [1.29, 1.82) is 0 Å². The van der Waals surface area contributed by atoms with Gasteiger partial charge < -0.3 is 9.80 Å². The highest BCUT2D eigenvalue weighted by molar-refractivity contribution is 6.04. The number of piperidine rings is 1. The fourth-order valence-corrected chi connectivity index (χ4v) is 3.18. The van der Waals surface area contributed by atoms with Crippen molar-refractivity contribution in [3.8, 4) is 0 Å². The van der Waals surface area contributed by atoms with Crippen molar-refractivity contribution in [2.75, 3.05) is 29.4 Å². The van der Waals surface area contributed by atoms with Gasteiger partial charge in [-0.15, -0.1) is 0 Å². The van der Waals surface area contributed by atoms with E-state index in [1.54, 1.807) is 17.2 Å². The van der Waals surface area contributed by atoms with Crippen LogP contribution in [0.1, 0.15) is 37.2 Å². The van der Waals surface area contributed by atoms with Gasteiger partial charge >= 0.3 is 0 Å². The van der Waals surface area contributed by atoms with Gasteiger partial charge in [0.25, 0.3) is 5.91 Å². The molecule has 0 bridgehead atoms. The molecule has 1 atom stereocenters. The minimum atomic E-state index is -0.0857. The first-order valence-electron chi connectivity index (χ1n) is 8.64. The molecule has 1 aromatic heterocycles. The van der Waals surface area contributed by atoms with E-state index in [-0.39, 0.29) is 5.91 Å². The summed E-state index contributed by atoms with van der Waals surface area (Å²) < 4.78 is 0. The average Bonchev–Trinajstić information content (AvgIpc) is 2.63. The summed E-state index contributed by atoms with van der Waals surface area (Å²) >= 11 is 0. The molecule has 1 saturated heterocycles. The quantitative estimate of drug-likeness (QED) is 0.865. The van der Waals surface area contributed by atoms with E-state index in [1.165, 1.54) is 6.42 Å². The van der Waals surface area contributed by atoms with Crippen LogP contribution in [0.5, 0.6) is 0 Å². The van der Waals surface area contributed by atoms with E-state index in [1.807, 2.05) is 37.3 Å². The molecule has 1 aliphatic rings. The highest BCUT2D eigenvalue weighted by Crippen LogP contribution is 2.21. The van der Waals surface area contributed by atoms with E-state index in [4.69, 9.17) is 0 Å². The Hall–Kier alpha value is -2.43. The third kappa shape index (κ3) is 3.55. The second-order valence-corrected chi connectivity index (χ2v) is 6.32. The Morgan fingerprint density at radius 1 is 1.29 bits per heavy atom. The average molecular weight is 324 g/mol. The van der Waals surface area contributed by atoms with Crippen molar-refractivity contribution in [1.82, 2.24) is 9.97 Å². The normalized spacial score (nSPS) is 17.6. The van der Waals surface area contributed by atoms with Crippen molar-refractivity contribution in [3.63, 3.8) is 0 Å². The maximum atomic E-state index is 12.9. The molecule has 1 aromatic carbocycles. The molecule has 1 fully saturated rings. The topological polar surface area (TPSA) is 49.3 Å². The number of anilines is 2. The number of carbonyl (C=O) groups is 1. The predicted octanol–water partition coefficient (Wildman–Crippen LogP) is 3.38. The van der Waals surface area contributed by atoms with Crippen LogP contribution in [0.4, 0.5) is 11.6 Å². The highest BCUT2D eigenvalue weighted by atomic mass is 16.2. The Morgan fingerprint density at radius 2 is 2.08 bits per heavy atom. The number of amides is 1. The van der Waals surface area contributed by atoms with Crippen molar-refractivity contribution >= 4 is 17.5 Å². The molecule has 126 valence electrons. The van der Waals surface area contributed by atoms with Crippen LogP contribution in [0.25, 0.3) is 0 Å². The minimum Gasteiger partial charge on any atom is -0.341 e. The monoisotopic (exact) mass is 324 g/mol. The Balaban J connectivity index is 1.83. The van der Waals surface area contributed by atoms with Crippen LogP contribution in [0.3, 0.4) is 0 Å². The van der Waals surface area contributed by atoms with E-state index < -0.39 is 0 Å². The summed E-state index contributed by atoms with van der Waals surface area (Å²) in [5, 5.41) is 0. The van der Waals surface area contributed by atoms with Gasteiger partial charge in [0.2, 0.25) is 5.95 Å². The van der Waals surface area contributed by atoms with Crippen molar-refractivity contribution < 1.29 is 4.79 Å². The fourth-order valence-electron chi connectivity index (χ4n) is 3.18. The second-order valence-electron chi connectivity index (χ2n) is 6.32. The van der Waals surface area contributed by atoms with Gasteiger partial charge in [0.05, 0.1) is 0 Å². The molecular formula is C19H24N4O. The Morgan fingerprint density at radius 3 is 2.79 bits per heavy atom. The lowest BCUT2D eigenvalue weighted by atomic mass is 10.0. The molecule has 2 heterocycles. The van der Waals surface area contributed by atoms with E-state index in [2.05, 4.69) is 21.8 Å². The van der Waals surface area contributed by atoms with Gasteiger partial charge in [-0.25, -0.2) is 9.97 Å². The maximum absolute atomic E-state index is 12.9. The van der Waals surface area contributed by atoms with Gasteiger partial charge in [-0.2, -0.15) is 0 Å². The lowest BCUT2D eigenvalue weighted by Gasteiger charge is -2.31. The van der Waals surface area contributed by atoms with Gasteiger partial charge in [0.1, 0.15) is 5.69 Å². The highest BCUT2D eigenvalue weighted by Gasteiger charge is 2.22. The van der Waals surface area contributed by atoms with Crippen LogP contribution in [-0.2, 0) is 0 Å². The van der Waals surface area contributed by atoms with Crippen molar-refractivity contribution in [2.45, 2.75) is 26.7 Å². The molecule has 1 amide bonds. The number of benzene rings is 1. The molecule has 2 aromatic rings. The van der Waals surface area contributed by atoms with Crippen LogP contribution in [0.15, 0.2) is 42.6 Å². The maximum Gasteiger partial charge on any atom is 0.277 e. The number of carbonyl (C=O) groups excluding carboxylic acids is 1. The molecule has 3 rings (SSSR count). The molecule has 0 spiro atoms. The SMILES string of the molecule is CCN(C(=O)c1ccnc(N2CCCC(C)C2)n1)c1ccccc1. The molecule has 0 saturated carbocycles. The molecule has 0 N–H and O–H groups in total. The fraction of sp³-hybridized carbons (Fsp3) is 0.421. The summed E-state index contributed by atoms with van der Waals surface area (Å²) in [5.74, 6) is 1.21. The van der Waals surface area contributed by atoms with Crippen LogP contribution in [-0.4, -0.2) is 35.5 Å². The van der Waals surface area contributed by atoms with E-state index in [9.17, 15) is 4.79 Å². The molecule has 1 aliphatic heterocycles. The number of para-hydroxylation sites is 1. The minimum absolute atomic E-state index is 0.0857. The number of rotatable bonds is 4. The first-order valence-corrected chi connectivity index (χ1v) is 8.64. The second kappa shape index (κ2) is 7.43. The standard InChI is InChI=1S/C19H24N4O/c1-3-23(16-9-5-4-6-10-16)18(24)17-11-12-20-19(21-17)22-13-7-8-15(2)14-22/h4-6,9-12,15H,3,7-8,13-14H2,1-2H3. The molecular weight excluding hydrogens is 300 g/mol. The van der Waals surface area contributed by atoms with Crippen LogP contribution < -0.4 is 9.80 Å². The van der Waals surface area contributed by atoms with Crippen LogP contribution in [0, 0.1) is 5.92 Å². The molecule has 0 radical (unpaired) electrons. The summed E-state index contributed by atoms with van der Waals surface area (Å²) in [7, 11) is 0. The van der Waals surface area contributed by atoms with Crippen LogP contribution in [0.2, 0.25) is 0 Å². The molecule has 24 heavy (non-hydrogen) atoms. The smallest absolute Gasteiger partial charge is 0.277 e. The summed E-state index contributed by atoms with van der Waals surface area (Å²) in [4.78, 5) is 25.7. The molecule has 0 aliphatic carbocycles. The third-order valence-corrected chi connectivity index (χ3v) is 4.43. The van der Waals surface area contributed by atoms with Crippen molar-refractivity contribution in [3.05, 3.63) is 48.3 Å². The van der Waals surface area contributed by atoms with Gasteiger partial charge in [-0.3, -0.25) is 4.79 Å². The molecule has 5 heteroatoms. The zero-order valence-corrected chi connectivity index (χ0v) is 14.4. The lowest BCUT2D eigenvalue weighted by molar-refractivity contribution is 0.0983. The first kappa shape index (κ1) is 16.4. The molecule has 5 nitrogen and oxygen atoms in total. The largest absolute Gasteiger partial charge is 0.341 e. The predicted molar refractivity (Wildman–Crippen MR) is 96.4 cm³/mol. The van der Waals surface area contributed by atoms with Crippen LogP contribution >= 0.6 is 0 Å². The number of hydrogen-bond donors (Lipinski definition) is 0. The third-order valence-electron chi connectivity index (χ3n) is 4.43. The van der Waals surface area contributed by atoms with Gasteiger partial charge in [-0.1, -0.05) is 25.1 Å². The number of hydrogen-bond acceptors (Lipinski definition) is 4.